The Morgan fingerprint density at radius 2 is 1.89 bits per heavy atom. The number of para-hydroxylation sites is 3. The first-order valence-electron chi connectivity index (χ1n) is 9.94. The lowest BCUT2D eigenvalue weighted by molar-refractivity contribution is -0.120. The summed E-state index contributed by atoms with van der Waals surface area (Å²) in [7, 11) is 0. The van der Waals surface area contributed by atoms with Crippen molar-refractivity contribution in [3.05, 3.63) is 54.1 Å². The number of piperidine rings is 1. The first-order valence-corrected chi connectivity index (χ1v) is 9.94. The van der Waals surface area contributed by atoms with E-state index in [0.717, 1.165) is 61.4 Å². The standard InChI is InChI=1S/C22H26N4O2/c1-2-23-15-17-7-3-4-8-18(17)24-21(27)16-11-13-26(14-12-16)22-25-19-9-5-6-10-20(19)28-22/h3-10,16,23H,2,11-15H2,1H3,(H,24,27). The first kappa shape index (κ1) is 18.5. The van der Waals surface area contributed by atoms with Crippen molar-refractivity contribution < 1.29 is 9.21 Å². The van der Waals surface area contributed by atoms with E-state index in [1.165, 1.54) is 0 Å². The van der Waals surface area contributed by atoms with Crippen molar-refractivity contribution in [3.8, 4) is 0 Å². The van der Waals surface area contributed by atoms with E-state index in [2.05, 4.69) is 27.4 Å². The van der Waals surface area contributed by atoms with Crippen molar-refractivity contribution in [2.45, 2.75) is 26.3 Å². The van der Waals surface area contributed by atoms with Gasteiger partial charge in [0, 0.05) is 31.2 Å². The number of amides is 1. The maximum Gasteiger partial charge on any atom is 0.298 e. The molecule has 28 heavy (non-hydrogen) atoms. The van der Waals surface area contributed by atoms with Crippen LogP contribution in [0.4, 0.5) is 11.7 Å². The first-order chi connectivity index (χ1) is 13.7. The van der Waals surface area contributed by atoms with Gasteiger partial charge in [0.05, 0.1) is 0 Å². The molecule has 2 heterocycles. The average molecular weight is 378 g/mol. The highest BCUT2D eigenvalue weighted by Crippen LogP contribution is 2.27. The predicted molar refractivity (Wildman–Crippen MR) is 111 cm³/mol. The number of nitrogens with zero attached hydrogens (tertiary/aromatic N) is 2. The molecule has 1 aromatic heterocycles. The van der Waals surface area contributed by atoms with Crippen LogP contribution in [0.25, 0.3) is 11.1 Å². The number of anilines is 2. The summed E-state index contributed by atoms with van der Waals surface area (Å²) in [4.78, 5) is 19.5. The minimum Gasteiger partial charge on any atom is -0.423 e. The van der Waals surface area contributed by atoms with Gasteiger partial charge in [0.25, 0.3) is 6.01 Å². The van der Waals surface area contributed by atoms with Crippen LogP contribution in [0.1, 0.15) is 25.3 Å². The zero-order chi connectivity index (χ0) is 19.3. The normalized spacial score (nSPS) is 15.1. The summed E-state index contributed by atoms with van der Waals surface area (Å²) in [6.07, 6.45) is 1.58. The fourth-order valence-electron chi connectivity index (χ4n) is 3.62. The summed E-state index contributed by atoms with van der Waals surface area (Å²) in [6.45, 7) is 5.26. The summed E-state index contributed by atoms with van der Waals surface area (Å²) in [5.41, 5.74) is 3.68. The summed E-state index contributed by atoms with van der Waals surface area (Å²) < 4.78 is 5.86. The molecule has 1 saturated heterocycles. The van der Waals surface area contributed by atoms with Gasteiger partial charge in [-0.15, -0.1) is 0 Å². The van der Waals surface area contributed by atoms with Crippen LogP contribution in [0.5, 0.6) is 0 Å². The van der Waals surface area contributed by atoms with Gasteiger partial charge in [-0.2, -0.15) is 4.98 Å². The number of carbonyl (C=O) groups excluding carboxylic acids is 1. The molecule has 6 heteroatoms. The molecule has 1 aliphatic heterocycles. The molecule has 4 rings (SSSR count). The molecular weight excluding hydrogens is 352 g/mol. The van der Waals surface area contributed by atoms with Gasteiger partial charge in [0.15, 0.2) is 5.58 Å². The van der Waals surface area contributed by atoms with E-state index in [-0.39, 0.29) is 11.8 Å². The third-order valence-electron chi connectivity index (χ3n) is 5.26. The zero-order valence-electron chi connectivity index (χ0n) is 16.1. The SMILES string of the molecule is CCNCc1ccccc1NC(=O)C1CCN(c2nc3ccccc3o2)CC1. The Morgan fingerprint density at radius 3 is 2.68 bits per heavy atom. The lowest BCUT2D eigenvalue weighted by Gasteiger charge is -2.30. The van der Waals surface area contributed by atoms with Crippen LogP contribution in [0, 0.1) is 5.92 Å². The number of hydrogen-bond donors (Lipinski definition) is 2. The van der Waals surface area contributed by atoms with Crippen LogP contribution in [-0.4, -0.2) is 30.5 Å². The second kappa shape index (κ2) is 8.44. The number of aromatic nitrogens is 1. The third kappa shape index (κ3) is 4.02. The van der Waals surface area contributed by atoms with E-state index in [9.17, 15) is 4.79 Å². The van der Waals surface area contributed by atoms with Crippen molar-refractivity contribution in [2.75, 3.05) is 29.9 Å². The van der Waals surface area contributed by atoms with Crippen molar-refractivity contribution in [3.63, 3.8) is 0 Å². The quantitative estimate of drug-likeness (QED) is 0.683. The highest BCUT2D eigenvalue weighted by atomic mass is 16.4. The summed E-state index contributed by atoms with van der Waals surface area (Å²) in [5, 5.41) is 6.45. The van der Waals surface area contributed by atoms with Crippen molar-refractivity contribution >= 4 is 28.7 Å². The molecule has 0 spiro atoms. The topological polar surface area (TPSA) is 70.4 Å². The molecule has 3 aromatic rings. The van der Waals surface area contributed by atoms with Gasteiger partial charge in [-0.05, 0) is 43.1 Å². The predicted octanol–water partition coefficient (Wildman–Crippen LogP) is 3.79. The van der Waals surface area contributed by atoms with Crippen molar-refractivity contribution in [1.29, 1.82) is 0 Å². The molecule has 0 aliphatic carbocycles. The Hall–Kier alpha value is -2.86. The Bertz CT molecular complexity index is 911. The second-order valence-corrected chi connectivity index (χ2v) is 7.15. The van der Waals surface area contributed by atoms with Crippen LogP contribution in [0.15, 0.2) is 52.9 Å². The molecule has 1 amide bonds. The zero-order valence-corrected chi connectivity index (χ0v) is 16.1. The van der Waals surface area contributed by atoms with E-state index in [1.54, 1.807) is 0 Å². The van der Waals surface area contributed by atoms with E-state index in [4.69, 9.17) is 4.42 Å². The summed E-state index contributed by atoms with van der Waals surface area (Å²) >= 11 is 0. The molecule has 146 valence electrons. The van der Waals surface area contributed by atoms with E-state index < -0.39 is 0 Å². The molecule has 6 nitrogen and oxygen atoms in total. The van der Waals surface area contributed by atoms with E-state index in [1.807, 2.05) is 48.5 Å². The maximum absolute atomic E-state index is 12.8. The molecule has 0 unspecified atom stereocenters. The number of hydrogen-bond acceptors (Lipinski definition) is 5. The largest absolute Gasteiger partial charge is 0.423 e. The fourth-order valence-corrected chi connectivity index (χ4v) is 3.62. The highest BCUT2D eigenvalue weighted by molar-refractivity contribution is 5.93. The van der Waals surface area contributed by atoms with E-state index >= 15 is 0 Å². The average Bonchev–Trinajstić information content (AvgIpc) is 3.17. The minimum atomic E-state index is 0.00724. The van der Waals surface area contributed by atoms with Crippen LogP contribution in [0.2, 0.25) is 0 Å². The van der Waals surface area contributed by atoms with Gasteiger partial charge in [-0.25, -0.2) is 0 Å². The molecular formula is C22H26N4O2. The minimum absolute atomic E-state index is 0.00724. The molecule has 2 aromatic carbocycles. The number of fused-ring (bicyclic) bond motifs is 1. The van der Waals surface area contributed by atoms with Crippen LogP contribution in [0.3, 0.4) is 0 Å². The number of nitrogens with one attached hydrogen (secondary N) is 2. The van der Waals surface area contributed by atoms with Gasteiger partial charge in [0.2, 0.25) is 5.91 Å². The third-order valence-corrected chi connectivity index (χ3v) is 5.26. The van der Waals surface area contributed by atoms with Gasteiger partial charge in [-0.3, -0.25) is 4.79 Å². The molecule has 2 N–H and O–H groups in total. The lowest BCUT2D eigenvalue weighted by atomic mass is 9.96. The van der Waals surface area contributed by atoms with Crippen molar-refractivity contribution in [1.82, 2.24) is 10.3 Å². The Kier molecular flexibility index (Phi) is 5.58. The molecule has 0 bridgehead atoms. The van der Waals surface area contributed by atoms with Crippen molar-refractivity contribution in [2.24, 2.45) is 5.92 Å². The smallest absolute Gasteiger partial charge is 0.298 e. The van der Waals surface area contributed by atoms with Crippen LogP contribution >= 0.6 is 0 Å². The molecule has 1 aliphatic rings. The number of carbonyl (C=O) groups is 1. The second-order valence-electron chi connectivity index (χ2n) is 7.15. The van der Waals surface area contributed by atoms with Gasteiger partial charge in [-0.1, -0.05) is 37.3 Å². The van der Waals surface area contributed by atoms with Gasteiger partial charge in [0.1, 0.15) is 5.52 Å². The fraction of sp³-hybridized carbons (Fsp3) is 0.364. The Morgan fingerprint density at radius 1 is 1.14 bits per heavy atom. The van der Waals surface area contributed by atoms with Crippen LogP contribution < -0.4 is 15.5 Å². The molecule has 0 atom stereocenters. The van der Waals surface area contributed by atoms with E-state index in [0.29, 0.717) is 6.01 Å². The highest BCUT2D eigenvalue weighted by Gasteiger charge is 2.27. The summed E-state index contributed by atoms with van der Waals surface area (Å²) in [5.74, 6) is 0.106. The monoisotopic (exact) mass is 378 g/mol. The lowest BCUT2D eigenvalue weighted by Crippen LogP contribution is -2.38. The number of benzene rings is 2. The number of oxazole rings is 1. The van der Waals surface area contributed by atoms with Gasteiger partial charge < -0.3 is 20.0 Å². The maximum atomic E-state index is 12.8. The molecule has 0 saturated carbocycles. The van der Waals surface area contributed by atoms with Crippen LogP contribution in [-0.2, 0) is 11.3 Å². The van der Waals surface area contributed by atoms with Gasteiger partial charge >= 0.3 is 0 Å². The Balaban J connectivity index is 1.36. The molecule has 0 radical (unpaired) electrons. The summed E-state index contributed by atoms with van der Waals surface area (Å²) in [6, 6.07) is 16.4. The number of rotatable bonds is 6. The Labute approximate surface area is 164 Å². The molecule has 1 fully saturated rings.